The summed E-state index contributed by atoms with van der Waals surface area (Å²) >= 11 is 0. The molecule has 0 aromatic heterocycles. The molecule has 20 heavy (non-hydrogen) atoms. The van der Waals surface area contributed by atoms with E-state index >= 15 is 0 Å². The highest BCUT2D eigenvalue weighted by atomic mass is 19.4. The molecule has 0 spiro atoms. The van der Waals surface area contributed by atoms with Crippen LogP contribution < -0.4 is 9.64 Å². The molecule has 5 heteroatoms. The molecule has 3 rings (SSSR count). The summed E-state index contributed by atoms with van der Waals surface area (Å²) in [6, 6.07) is 15.6. The highest BCUT2D eigenvalue weighted by Gasteiger charge is 2.50. The molecule has 0 N–H and O–H groups in total. The number of hydrogen-bond acceptors (Lipinski definition) is 2. The Morgan fingerprint density at radius 3 is 2.30 bits per heavy atom. The molecule has 1 aliphatic rings. The van der Waals surface area contributed by atoms with Gasteiger partial charge in [-0.3, -0.25) is 0 Å². The molecule has 0 amide bonds. The minimum absolute atomic E-state index is 0.155. The van der Waals surface area contributed by atoms with E-state index < -0.39 is 12.4 Å². The third-order valence-corrected chi connectivity index (χ3v) is 3.17. The van der Waals surface area contributed by atoms with Gasteiger partial charge in [-0.25, -0.2) is 0 Å². The zero-order valence-corrected chi connectivity index (χ0v) is 10.5. The highest BCUT2D eigenvalue weighted by Crippen LogP contribution is 2.42. The van der Waals surface area contributed by atoms with Gasteiger partial charge in [0.2, 0.25) is 0 Å². The van der Waals surface area contributed by atoms with E-state index in [4.69, 9.17) is 4.74 Å². The van der Waals surface area contributed by atoms with Crippen LogP contribution in [0.25, 0.3) is 0 Å². The van der Waals surface area contributed by atoms with Crippen LogP contribution in [0.5, 0.6) is 5.75 Å². The van der Waals surface area contributed by atoms with Crippen molar-refractivity contribution in [2.24, 2.45) is 0 Å². The molecular weight excluding hydrogens is 267 g/mol. The van der Waals surface area contributed by atoms with E-state index in [9.17, 15) is 13.2 Å². The number of ether oxygens (including phenoxy) is 1. The maximum absolute atomic E-state index is 13.1. The van der Waals surface area contributed by atoms with Gasteiger partial charge in [-0.2, -0.15) is 13.2 Å². The molecule has 1 atom stereocenters. The molecule has 0 bridgehead atoms. The molecule has 0 radical (unpaired) electrons. The minimum atomic E-state index is -4.44. The summed E-state index contributed by atoms with van der Waals surface area (Å²) in [7, 11) is 0. The van der Waals surface area contributed by atoms with Crippen LogP contribution in [-0.4, -0.2) is 12.4 Å². The largest absolute Gasteiger partial charge is 0.459 e. The highest BCUT2D eigenvalue weighted by molar-refractivity contribution is 5.62. The first-order valence-electron chi connectivity index (χ1n) is 6.19. The second-order valence-electron chi connectivity index (χ2n) is 4.59. The molecule has 0 saturated carbocycles. The van der Waals surface area contributed by atoms with Crippen molar-refractivity contribution in [2.75, 3.05) is 4.90 Å². The number of alkyl halides is 3. The molecule has 0 saturated heterocycles. The van der Waals surface area contributed by atoms with Crippen molar-refractivity contribution in [3.8, 4) is 5.75 Å². The Morgan fingerprint density at radius 2 is 1.60 bits per heavy atom. The van der Waals surface area contributed by atoms with Gasteiger partial charge in [0.25, 0.3) is 6.23 Å². The lowest BCUT2D eigenvalue weighted by Crippen LogP contribution is -2.45. The van der Waals surface area contributed by atoms with Crippen LogP contribution in [0.2, 0.25) is 0 Å². The van der Waals surface area contributed by atoms with Gasteiger partial charge in [0.05, 0.1) is 5.69 Å². The number of anilines is 1. The molecule has 1 unspecified atom stereocenters. The predicted molar refractivity (Wildman–Crippen MR) is 69.5 cm³/mol. The van der Waals surface area contributed by atoms with Crippen molar-refractivity contribution in [3.05, 3.63) is 60.2 Å². The molecule has 2 aromatic carbocycles. The van der Waals surface area contributed by atoms with Crippen LogP contribution in [0.15, 0.2) is 54.6 Å². The fourth-order valence-electron chi connectivity index (χ4n) is 2.30. The van der Waals surface area contributed by atoms with E-state index in [1.807, 2.05) is 6.07 Å². The van der Waals surface area contributed by atoms with Crippen molar-refractivity contribution in [1.29, 1.82) is 0 Å². The van der Waals surface area contributed by atoms with Crippen molar-refractivity contribution < 1.29 is 17.9 Å². The van der Waals surface area contributed by atoms with Gasteiger partial charge in [0.1, 0.15) is 5.75 Å². The van der Waals surface area contributed by atoms with Crippen LogP contribution in [-0.2, 0) is 6.54 Å². The van der Waals surface area contributed by atoms with Gasteiger partial charge in [-0.05, 0) is 17.7 Å². The molecule has 104 valence electrons. The summed E-state index contributed by atoms with van der Waals surface area (Å²) in [4.78, 5) is 1.24. The van der Waals surface area contributed by atoms with Crippen LogP contribution in [0.3, 0.4) is 0 Å². The Balaban J connectivity index is 1.95. The van der Waals surface area contributed by atoms with Crippen LogP contribution in [0, 0.1) is 0 Å². The fourth-order valence-corrected chi connectivity index (χ4v) is 2.30. The number of fused-ring (bicyclic) bond motifs is 1. The van der Waals surface area contributed by atoms with Gasteiger partial charge < -0.3 is 9.64 Å². The molecular formula is C15H12F3NO. The predicted octanol–water partition coefficient (Wildman–Crippen LogP) is 3.97. The smallest absolute Gasteiger partial charge is 0.445 e. The fraction of sp³-hybridized carbons (Fsp3) is 0.200. The Kier molecular flexibility index (Phi) is 3.04. The molecule has 2 aromatic rings. The maximum atomic E-state index is 13.1. The number of halogens is 3. The summed E-state index contributed by atoms with van der Waals surface area (Å²) in [5, 5.41) is 0. The summed E-state index contributed by atoms with van der Waals surface area (Å²) in [6.45, 7) is 0.155. The van der Waals surface area contributed by atoms with Crippen LogP contribution in [0.4, 0.5) is 18.9 Å². The minimum Gasteiger partial charge on any atom is -0.459 e. The first-order valence-corrected chi connectivity index (χ1v) is 6.19. The summed E-state index contributed by atoms with van der Waals surface area (Å²) in [6.07, 6.45) is -6.37. The molecule has 2 nitrogen and oxygen atoms in total. The quantitative estimate of drug-likeness (QED) is 0.824. The van der Waals surface area contributed by atoms with E-state index in [0.29, 0.717) is 5.69 Å². The van der Waals surface area contributed by atoms with E-state index in [-0.39, 0.29) is 12.3 Å². The van der Waals surface area contributed by atoms with E-state index in [0.717, 1.165) is 5.56 Å². The topological polar surface area (TPSA) is 12.5 Å². The second kappa shape index (κ2) is 4.74. The maximum Gasteiger partial charge on any atom is 0.445 e. The van der Waals surface area contributed by atoms with Gasteiger partial charge in [-0.15, -0.1) is 0 Å². The number of nitrogens with zero attached hydrogens (tertiary/aromatic N) is 1. The van der Waals surface area contributed by atoms with Crippen molar-refractivity contribution in [1.82, 2.24) is 0 Å². The average Bonchev–Trinajstić information content (AvgIpc) is 2.79. The Labute approximate surface area is 114 Å². The van der Waals surface area contributed by atoms with Gasteiger partial charge in [0, 0.05) is 6.54 Å². The lowest BCUT2D eigenvalue weighted by Gasteiger charge is -2.26. The van der Waals surface area contributed by atoms with Crippen molar-refractivity contribution in [2.45, 2.75) is 18.9 Å². The van der Waals surface area contributed by atoms with Gasteiger partial charge in [0.15, 0.2) is 0 Å². The SMILES string of the molecule is FC(F)(F)C1Oc2ccccc2N1Cc1ccccc1. The summed E-state index contributed by atoms with van der Waals surface area (Å²) in [5.41, 5.74) is 1.28. The van der Waals surface area contributed by atoms with E-state index in [1.54, 1.807) is 48.5 Å². The molecule has 1 aliphatic heterocycles. The van der Waals surface area contributed by atoms with Crippen LogP contribution >= 0.6 is 0 Å². The third-order valence-electron chi connectivity index (χ3n) is 3.17. The third kappa shape index (κ3) is 2.31. The van der Waals surface area contributed by atoms with E-state index in [2.05, 4.69) is 0 Å². The molecule has 0 fully saturated rings. The number of para-hydroxylation sites is 2. The van der Waals surface area contributed by atoms with E-state index in [1.165, 1.54) is 4.90 Å². The zero-order valence-electron chi connectivity index (χ0n) is 10.5. The number of benzene rings is 2. The standard InChI is InChI=1S/C15H12F3NO/c16-15(17,18)14-19(10-11-6-2-1-3-7-11)12-8-4-5-9-13(12)20-14/h1-9,14H,10H2. The number of rotatable bonds is 2. The zero-order chi connectivity index (χ0) is 14.2. The summed E-state index contributed by atoms with van der Waals surface area (Å²) < 4.78 is 44.4. The first kappa shape index (κ1) is 12.8. The normalized spacial score (nSPS) is 17.8. The van der Waals surface area contributed by atoms with Crippen LogP contribution in [0.1, 0.15) is 5.56 Å². The summed E-state index contributed by atoms with van der Waals surface area (Å²) in [5.74, 6) is 0.269. The van der Waals surface area contributed by atoms with Gasteiger partial charge >= 0.3 is 6.18 Å². The van der Waals surface area contributed by atoms with Crippen molar-refractivity contribution in [3.63, 3.8) is 0 Å². The first-order chi connectivity index (χ1) is 9.55. The second-order valence-corrected chi connectivity index (χ2v) is 4.59. The average molecular weight is 279 g/mol. The lowest BCUT2D eigenvalue weighted by atomic mass is 10.2. The lowest BCUT2D eigenvalue weighted by molar-refractivity contribution is -0.190. The van der Waals surface area contributed by atoms with Gasteiger partial charge in [-0.1, -0.05) is 42.5 Å². The monoisotopic (exact) mass is 279 g/mol. The Hall–Kier alpha value is -2.17. The number of hydrogen-bond donors (Lipinski definition) is 0. The van der Waals surface area contributed by atoms with Crippen molar-refractivity contribution >= 4 is 5.69 Å². The Morgan fingerprint density at radius 1 is 0.950 bits per heavy atom. The molecule has 0 aliphatic carbocycles. The molecule has 1 heterocycles. The Bertz CT molecular complexity index is 598.